The molecule has 0 aliphatic carbocycles. The Labute approximate surface area is 89.9 Å². The molecule has 0 radical (unpaired) electrons. The van der Waals surface area contributed by atoms with E-state index in [1.807, 2.05) is 23.6 Å². The molecule has 0 saturated heterocycles. The minimum Gasteiger partial charge on any atom is -0.303 e. The number of Topliss-reactive ketones (excluding diaryl/α,β-unsaturated/α-hetero) is 1. The molecule has 72 valence electrons. The number of carbonyl (C=O) groups excluding carboxylic acids is 1. The van der Waals surface area contributed by atoms with E-state index in [-0.39, 0.29) is 5.78 Å². The van der Waals surface area contributed by atoms with E-state index < -0.39 is 0 Å². The molecule has 0 unspecified atom stereocenters. The Balaban J connectivity index is 2.77. The van der Waals surface area contributed by atoms with Gasteiger partial charge in [-0.2, -0.15) is 0 Å². The molecular weight excluding hydrogens is 244 g/mol. The van der Waals surface area contributed by atoms with Crippen molar-refractivity contribution >= 4 is 27.2 Å². The molecule has 2 heterocycles. The topological polar surface area (TPSA) is 34.4 Å². The number of carbonyl (C=O) groups is 1. The predicted octanol–water partition coefficient (Wildman–Crippen LogP) is 2.61. The van der Waals surface area contributed by atoms with Gasteiger partial charge in [-0.3, -0.25) is 4.79 Å². The molecule has 0 saturated carbocycles. The fourth-order valence-corrected chi connectivity index (χ4v) is 1.98. The van der Waals surface area contributed by atoms with Gasteiger partial charge in [0, 0.05) is 11.8 Å². The number of nitrogens with zero attached hydrogens (tertiary/aromatic N) is 2. The van der Waals surface area contributed by atoms with Gasteiger partial charge < -0.3 is 4.40 Å². The monoisotopic (exact) mass is 252 g/mol. The third-order valence-corrected chi connectivity index (χ3v) is 2.76. The predicted molar refractivity (Wildman–Crippen MR) is 57.6 cm³/mol. The molecule has 0 spiro atoms. The second kappa shape index (κ2) is 3.20. The molecule has 0 aromatic carbocycles. The number of aromatic nitrogens is 2. The van der Waals surface area contributed by atoms with E-state index in [4.69, 9.17) is 0 Å². The molecule has 2 aromatic rings. The largest absolute Gasteiger partial charge is 0.303 e. The molecule has 2 aromatic heterocycles. The normalized spacial score (nSPS) is 10.8. The lowest BCUT2D eigenvalue weighted by molar-refractivity contribution is 0.101. The van der Waals surface area contributed by atoms with Crippen molar-refractivity contribution in [2.75, 3.05) is 0 Å². The average molecular weight is 253 g/mol. The van der Waals surface area contributed by atoms with Crippen LogP contribution in [-0.4, -0.2) is 15.2 Å². The first-order valence-corrected chi connectivity index (χ1v) is 5.04. The number of halogens is 1. The first kappa shape index (κ1) is 9.40. The first-order chi connectivity index (χ1) is 6.59. The van der Waals surface area contributed by atoms with Crippen LogP contribution in [0.15, 0.2) is 22.9 Å². The molecule has 0 atom stereocenters. The molecule has 0 aliphatic rings. The van der Waals surface area contributed by atoms with E-state index in [0.29, 0.717) is 5.56 Å². The van der Waals surface area contributed by atoms with Gasteiger partial charge in [-0.25, -0.2) is 4.98 Å². The number of aryl methyl sites for hydroxylation is 1. The van der Waals surface area contributed by atoms with E-state index in [9.17, 15) is 4.79 Å². The van der Waals surface area contributed by atoms with E-state index in [2.05, 4.69) is 20.9 Å². The number of rotatable bonds is 1. The summed E-state index contributed by atoms with van der Waals surface area (Å²) in [5.41, 5.74) is 1.63. The van der Waals surface area contributed by atoms with E-state index in [1.54, 1.807) is 13.0 Å². The Bertz CT molecular complexity index is 516. The standard InChI is InChI=1S/C10H9BrN2O/c1-6(14)8-3-4-13-7(2)12-10(11)9(13)5-8/h3-5H,1-2H3. The Morgan fingerprint density at radius 1 is 1.57 bits per heavy atom. The van der Waals surface area contributed by atoms with Gasteiger partial charge in [0.1, 0.15) is 10.4 Å². The molecule has 0 aliphatic heterocycles. The highest BCUT2D eigenvalue weighted by molar-refractivity contribution is 9.10. The van der Waals surface area contributed by atoms with Gasteiger partial charge in [-0.15, -0.1) is 0 Å². The van der Waals surface area contributed by atoms with Crippen LogP contribution in [0.2, 0.25) is 0 Å². The zero-order valence-electron chi connectivity index (χ0n) is 7.91. The first-order valence-electron chi connectivity index (χ1n) is 4.25. The summed E-state index contributed by atoms with van der Waals surface area (Å²) >= 11 is 3.36. The van der Waals surface area contributed by atoms with Crippen molar-refractivity contribution in [3.63, 3.8) is 0 Å². The van der Waals surface area contributed by atoms with Gasteiger partial charge in [-0.1, -0.05) is 0 Å². The Hall–Kier alpha value is -1.16. The van der Waals surface area contributed by atoms with Crippen molar-refractivity contribution in [2.45, 2.75) is 13.8 Å². The summed E-state index contributed by atoms with van der Waals surface area (Å²) in [6.07, 6.45) is 1.86. The van der Waals surface area contributed by atoms with Crippen molar-refractivity contribution in [2.24, 2.45) is 0 Å². The van der Waals surface area contributed by atoms with Gasteiger partial charge in [-0.05, 0) is 41.9 Å². The van der Waals surface area contributed by atoms with Crippen molar-refractivity contribution < 1.29 is 4.79 Å². The third kappa shape index (κ3) is 1.35. The Morgan fingerprint density at radius 2 is 2.29 bits per heavy atom. The van der Waals surface area contributed by atoms with Crippen LogP contribution in [0.25, 0.3) is 5.52 Å². The summed E-state index contributed by atoms with van der Waals surface area (Å²) in [5, 5.41) is 0. The summed E-state index contributed by atoms with van der Waals surface area (Å²) in [6.45, 7) is 3.48. The van der Waals surface area contributed by atoms with Crippen LogP contribution < -0.4 is 0 Å². The van der Waals surface area contributed by atoms with E-state index in [0.717, 1.165) is 15.9 Å². The maximum Gasteiger partial charge on any atom is 0.159 e. The van der Waals surface area contributed by atoms with Crippen molar-refractivity contribution in [1.82, 2.24) is 9.38 Å². The maximum absolute atomic E-state index is 11.2. The average Bonchev–Trinajstić information content (AvgIpc) is 2.42. The highest BCUT2D eigenvalue weighted by Crippen LogP contribution is 2.19. The summed E-state index contributed by atoms with van der Waals surface area (Å²) in [4.78, 5) is 15.4. The van der Waals surface area contributed by atoms with Crippen LogP contribution in [0.5, 0.6) is 0 Å². The molecule has 0 fully saturated rings. The quantitative estimate of drug-likeness (QED) is 0.732. The van der Waals surface area contributed by atoms with Crippen LogP contribution in [0.3, 0.4) is 0 Å². The van der Waals surface area contributed by atoms with Crippen LogP contribution in [-0.2, 0) is 0 Å². The van der Waals surface area contributed by atoms with Gasteiger partial charge in [0.15, 0.2) is 5.78 Å². The van der Waals surface area contributed by atoms with Crippen LogP contribution in [0.1, 0.15) is 23.1 Å². The zero-order chi connectivity index (χ0) is 10.3. The SMILES string of the molecule is CC(=O)c1ccn2c(C)nc(Br)c2c1. The van der Waals surface area contributed by atoms with Crippen LogP contribution >= 0.6 is 15.9 Å². The molecule has 0 bridgehead atoms. The second-order valence-corrected chi connectivity index (χ2v) is 3.93. The minimum atomic E-state index is 0.0678. The summed E-state index contributed by atoms with van der Waals surface area (Å²) in [5.74, 6) is 0.972. The summed E-state index contributed by atoms with van der Waals surface area (Å²) in [7, 11) is 0. The zero-order valence-corrected chi connectivity index (χ0v) is 9.50. The number of fused-ring (bicyclic) bond motifs is 1. The highest BCUT2D eigenvalue weighted by atomic mass is 79.9. The van der Waals surface area contributed by atoms with Gasteiger partial charge >= 0.3 is 0 Å². The van der Waals surface area contributed by atoms with Gasteiger partial charge in [0.05, 0.1) is 5.52 Å². The Morgan fingerprint density at radius 3 is 2.93 bits per heavy atom. The molecule has 4 heteroatoms. The molecule has 14 heavy (non-hydrogen) atoms. The van der Waals surface area contributed by atoms with Crippen molar-refractivity contribution in [3.05, 3.63) is 34.3 Å². The number of pyridine rings is 1. The van der Waals surface area contributed by atoms with Crippen molar-refractivity contribution in [3.8, 4) is 0 Å². The number of ketones is 1. The fraction of sp³-hybridized carbons (Fsp3) is 0.200. The lowest BCUT2D eigenvalue weighted by atomic mass is 10.2. The maximum atomic E-state index is 11.2. The summed E-state index contributed by atoms with van der Waals surface area (Å²) < 4.78 is 2.72. The smallest absolute Gasteiger partial charge is 0.159 e. The summed E-state index contributed by atoms with van der Waals surface area (Å²) in [6, 6.07) is 3.64. The fourth-order valence-electron chi connectivity index (χ4n) is 1.41. The van der Waals surface area contributed by atoms with Crippen LogP contribution in [0, 0.1) is 6.92 Å². The molecule has 0 amide bonds. The second-order valence-electron chi connectivity index (χ2n) is 3.18. The number of imidazole rings is 1. The Kier molecular flexibility index (Phi) is 2.15. The third-order valence-electron chi connectivity index (χ3n) is 2.18. The number of hydrogen-bond donors (Lipinski definition) is 0. The van der Waals surface area contributed by atoms with Gasteiger partial charge in [0.2, 0.25) is 0 Å². The molecule has 3 nitrogen and oxygen atoms in total. The lowest BCUT2D eigenvalue weighted by Crippen LogP contribution is -1.94. The minimum absolute atomic E-state index is 0.0678. The molecule has 0 N–H and O–H groups in total. The van der Waals surface area contributed by atoms with Gasteiger partial charge in [0.25, 0.3) is 0 Å². The number of hydrogen-bond acceptors (Lipinski definition) is 2. The van der Waals surface area contributed by atoms with Crippen LogP contribution in [0.4, 0.5) is 0 Å². The lowest BCUT2D eigenvalue weighted by Gasteiger charge is -1.98. The molecule has 2 rings (SSSR count). The van der Waals surface area contributed by atoms with E-state index in [1.165, 1.54) is 0 Å². The molecular formula is C10H9BrN2O. The highest BCUT2D eigenvalue weighted by Gasteiger charge is 2.07. The van der Waals surface area contributed by atoms with Crippen molar-refractivity contribution in [1.29, 1.82) is 0 Å². The van der Waals surface area contributed by atoms with E-state index >= 15 is 0 Å².